The van der Waals surface area contributed by atoms with Crippen molar-refractivity contribution in [2.75, 3.05) is 34.0 Å². The molecule has 1 aromatic rings. The van der Waals surface area contributed by atoms with E-state index >= 15 is 0 Å². The Morgan fingerprint density at radius 3 is 2.44 bits per heavy atom. The maximum Gasteiger partial charge on any atom is 0.416 e. The second kappa shape index (κ2) is 10.00. The molecule has 0 fully saturated rings. The number of nitrogens with one attached hydrogen (secondary N) is 1. The standard InChI is InChI=1S/C16H20F3NO5/c1-23-7-8-25-10-14(21)20-13(15(22)24-2)9-11-5-3-4-6-12(11)16(17,18)19/h3-6,13H,7-10H2,1-2H3,(H,20,21)/t13-/m0/s1. The van der Waals surface area contributed by atoms with Gasteiger partial charge in [-0.05, 0) is 11.6 Å². The molecular formula is C16H20F3NO5. The van der Waals surface area contributed by atoms with Gasteiger partial charge >= 0.3 is 12.1 Å². The molecule has 0 heterocycles. The van der Waals surface area contributed by atoms with Gasteiger partial charge in [0.1, 0.15) is 12.6 Å². The Morgan fingerprint density at radius 2 is 1.84 bits per heavy atom. The third kappa shape index (κ3) is 7.10. The molecule has 0 bridgehead atoms. The number of carbonyl (C=O) groups excluding carboxylic acids is 2. The highest BCUT2D eigenvalue weighted by molar-refractivity contribution is 5.85. The smallest absolute Gasteiger partial charge is 0.416 e. The van der Waals surface area contributed by atoms with Crippen molar-refractivity contribution in [1.82, 2.24) is 5.32 Å². The highest BCUT2D eigenvalue weighted by Gasteiger charge is 2.34. The van der Waals surface area contributed by atoms with Crippen molar-refractivity contribution in [1.29, 1.82) is 0 Å². The number of hydrogen-bond donors (Lipinski definition) is 1. The monoisotopic (exact) mass is 363 g/mol. The summed E-state index contributed by atoms with van der Waals surface area (Å²) in [6, 6.07) is 3.59. The molecule has 0 aromatic heterocycles. The largest absolute Gasteiger partial charge is 0.467 e. The third-order valence-corrected chi connectivity index (χ3v) is 3.23. The molecule has 1 atom stereocenters. The molecule has 6 nitrogen and oxygen atoms in total. The summed E-state index contributed by atoms with van der Waals surface area (Å²) >= 11 is 0. The first kappa shape index (κ1) is 20.9. The maximum atomic E-state index is 13.0. The average Bonchev–Trinajstić information content (AvgIpc) is 2.57. The summed E-state index contributed by atoms with van der Waals surface area (Å²) < 4.78 is 53.5. The summed E-state index contributed by atoms with van der Waals surface area (Å²) in [5.74, 6) is -1.49. The fourth-order valence-corrected chi connectivity index (χ4v) is 2.07. The number of carbonyl (C=O) groups is 2. The van der Waals surface area contributed by atoms with Gasteiger partial charge in [0, 0.05) is 13.5 Å². The van der Waals surface area contributed by atoms with Crippen molar-refractivity contribution in [2.24, 2.45) is 0 Å². The second-order valence-corrected chi connectivity index (χ2v) is 5.05. The van der Waals surface area contributed by atoms with E-state index in [4.69, 9.17) is 9.47 Å². The molecule has 0 saturated heterocycles. The summed E-state index contributed by atoms with van der Waals surface area (Å²) in [5, 5.41) is 2.33. The van der Waals surface area contributed by atoms with Crippen molar-refractivity contribution in [2.45, 2.75) is 18.6 Å². The van der Waals surface area contributed by atoms with Gasteiger partial charge in [-0.25, -0.2) is 4.79 Å². The van der Waals surface area contributed by atoms with Gasteiger partial charge < -0.3 is 19.5 Å². The number of alkyl halides is 3. The highest BCUT2D eigenvalue weighted by Crippen LogP contribution is 2.32. The normalized spacial score (nSPS) is 12.5. The van der Waals surface area contributed by atoms with E-state index in [0.29, 0.717) is 0 Å². The number of esters is 1. The highest BCUT2D eigenvalue weighted by atomic mass is 19.4. The summed E-state index contributed by atoms with van der Waals surface area (Å²) in [5.41, 5.74) is -0.986. The number of amides is 1. The van der Waals surface area contributed by atoms with Crippen LogP contribution < -0.4 is 5.32 Å². The van der Waals surface area contributed by atoms with Crippen LogP contribution in [0.4, 0.5) is 13.2 Å². The van der Waals surface area contributed by atoms with Crippen LogP contribution in [0, 0.1) is 0 Å². The molecule has 25 heavy (non-hydrogen) atoms. The minimum Gasteiger partial charge on any atom is -0.467 e. The van der Waals surface area contributed by atoms with Crippen LogP contribution in [-0.4, -0.2) is 52.0 Å². The van der Waals surface area contributed by atoms with Crippen LogP contribution in [0.2, 0.25) is 0 Å². The Hall–Kier alpha value is -2.13. The first-order chi connectivity index (χ1) is 11.8. The first-order valence-electron chi connectivity index (χ1n) is 7.38. The van der Waals surface area contributed by atoms with Crippen LogP contribution in [0.3, 0.4) is 0 Å². The number of ether oxygens (including phenoxy) is 3. The Balaban J connectivity index is 2.81. The molecule has 0 aliphatic rings. The van der Waals surface area contributed by atoms with E-state index in [2.05, 4.69) is 10.1 Å². The van der Waals surface area contributed by atoms with Gasteiger partial charge in [0.25, 0.3) is 0 Å². The molecule has 0 radical (unpaired) electrons. The van der Waals surface area contributed by atoms with Crippen LogP contribution in [0.25, 0.3) is 0 Å². The van der Waals surface area contributed by atoms with E-state index in [9.17, 15) is 22.8 Å². The van der Waals surface area contributed by atoms with Crippen molar-refractivity contribution in [3.63, 3.8) is 0 Å². The van der Waals surface area contributed by atoms with E-state index in [1.54, 1.807) is 0 Å². The summed E-state index contributed by atoms with van der Waals surface area (Å²) in [4.78, 5) is 23.6. The molecular weight excluding hydrogens is 343 g/mol. The molecule has 0 saturated carbocycles. The van der Waals surface area contributed by atoms with E-state index < -0.39 is 29.7 Å². The van der Waals surface area contributed by atoms with E-state index in [1.165, 1.54) is 25.3 Å². The van der Waals surface area contributed by atoms with Gasteiger partial charge in [0.2, 0.25) is 5.91 Å². The fraction of sp³-hybridized carbons (Fsp3) is 0.500. The molecule has 0 spiro atoms. The lowest BCUT2D eigenvalue weighted by Crippen LogP contribution is -2.44. The molecule has 0 unspecified atom stereocenters. The number of rotatable bonds is 9. The van der Waals surface area contributed by atoms with E-state index in [1.807, 2.05) is 0 Å². The summed E-state index contributed by atoms with van der Waals surface area (Å²) in [6.07, 6.45) is -4.92. The van der Waals surface area contributed by atoms with Crippen LogP contribution in [0.1, 0.15) is 11.1 Å². The Bertz CT molecular complexity index is 577. The van der Waals surface area contributed by atoms with Gasteiger partial charge in [0.15, 0.2) is 0 Å². The van der Waals surface area contributed by atoms with Gasteiger partial charge in [-0.2, -0.15) is 13.2 Å². The van der Waals surface area contributed by atoms with Crippen LogP contribution in [0.15, 0.2) is 24.3 Å². The molecule has 0 aliphatic carbocycles. The summed E-state index contributed by atoms with van der Waals surface area (Å²) in [6.45, 7) is 0.105. The Morgan fingerprint density at radius 1 is 1.16 bits per heavy atom. The quantitative estimate of drug-likeness (QED) is 0.533. The molecule has 1 rings (SSSR count). The van der Waals surface area contributed by atoms with Crippen molar-refractivity contribution < 1.29 is 37.0 Å². The second-order valence-electron chi connectivity index (χ2n) is 5.05. The zero-order valence-corrected chi connectivity index (χ0v) is 13.9. The number of hydrogen-bond acceptors (Lipinski definition) is 5. The van der Waals surface area contributed by atoms with Crippen molar-refractivity contribution >= 4 is 11.9 Å². The van der Waals surface area contributed by atoms with Gasteiger partial charge in [0.05, 0.1) is 25.9 Å². The van der Waals surface area contributed by atoms with Crippen LogP contribution in [-0.2, 0) is 36.4 Å². The minimum absolute atomic E-state index is 0.119. The molecule has 9 heteroatoms. The molecule has 1 amide bonds. The molecule has 1 N–H and O–H groups in total. The summed E-state index contributed by atoms with van der Waals surface area (Å²) in [7, 11) is 2.56. The Kier molecular flexibility index (Phi) is 8.36. The lowest BCUT2D eigenvalue weighted by Gasteiger charge is -2.19. The number of halogens is 3. The predicted octanol–water partition coefficient (Wildman–Crippen LogP) is 1.57. The van der Waals surface area contributed by atoms with E-state index in [0.717, 1.165) is 13.2 Å². The van der Waals surface area contributed by atoms with Gasteiger partial charge in [-0.15, -0.1) is 0 Å². The lowest BCUT2D eigenvalue weighted by molar-refractivity contribution is -0.146. The third-order valence-electron chi connectivity index (χ3n) is 3.23. The minimum atomic E-state index is -4.56. The maximum absolute atomic E-state index is 13.0. The number of benzene rings is 1. The average molecular weight is 363 g/mol. The zero-order chi connectivity index (χ0) is 18.9. The van der Waals surface area contributed by atoms with Gasteiger partial charge in [-0.1, -0.05) is 18.2 Å². The van der Waals surface area contributed by atoms with Crippen LogP contribution >= 0.6 is 0 Å². The molecule has 1 aromatic carbocycles. The van der Waals surface area contributed by atoms with E-state index in [-0.39, 0.29) is 31.8 Å². The van der Waals surface area contributed by atoms with Crippen LogP contribution in [0.5, 0.6) is 0 Å². The van der Waals surface area contributed by atoms with Crippen molar-refractivity contribution in [3.8, 4) is 0 Å². The van der Waals surface area contributed by atoms with Crippen molar-refractivity contribution in [3.05, 3.63) is 35.4 Å². The lowest BCUT2D eigenvalue weighted by atomic mass is 9.99. The topological polar surface area (TPSA) is 73.9 Å². The fourth-order valence-electron chi connectivity index (χ4n) is 2.07. The predicted molar refractivity (Wildman–Crippen MR) is 81.8 cm³/mol. The molecule has 0 aliphatic heterocycles. The number of methoxy groups -OCH3 is 2. The zero-order valence-electron chi connectivity index (χ0n) is 13.9. The SMILES string of the molecule is COCCOCC(=O)N[C@@H](Cc1ccccc1C(F)(F)F)C(=O)OC. The first-order valence-corrected chi connectivity index (χ1v) is 7.38. The Labute approximate surface area is 143 Å². The molecule has 140 valence electrons. The van der Waals surface area contributed by atoms with Gasteiger partial charge in [-0.3, -0.25) is 4.79 Å².